The lowest BCUT2D eigenvalue weighted by Gasteiger charge is -2.36. The molecular formula is C39H58N6O8S. The normalized spacial score (nSPS) is 28.0. The van der Waals surface area contributed by atoms with Crippen LogP contribution < -0.4 is 20.1 Å². The third-order valence-corrected chi connectivity index (χ3v) is 13.7. The molecule has 1 aromatic carbocycles. The van der Waals surface area contributed by atoms with Crippen molar-refractivity contribution >= 4 is 44.9 Å². The van der Waals surface area contributed by atoms with Crippen LogP contribution in [0.25, 0.3) is 11.0 Å². The van der Waals surface area contributed by atoms with E-state index in [2.05, 4.69) is 15.4 Å². The largest absolute Gasteiger partial charge is 0.459 e. The van der Waals surface area contributed by atoms with Crippen molar-refractivity contribution in [1.29, 1.82) is 0 Å². The monoisotopic (exact) mass is 770 g/mol. The number of aryl methyl sites for hydroxylation is 1. The zero-order valence-corrected chi connectivity index (χ0v) is 33.6. The molecule has 15 heteroatoms. The number of benzene rings is 1. The topological polar surface area (TPSA) is 178 Å². The van der Waals surface area contributed by atoms with Gasteiger partial charge in [-0.3, -0.25) is 23.7 Å². The Morgan fingerprint density at radius 3 is 2.37 bits per heavy atom. The molecule has 2 saturated carbocycles. The molecule has 3 heterocycles. The highest BCUT2D eigenvalue weighted by Crippen LogP contribution is 2.50. The van der Waals surface area contributed by atoms with Crippen molar-refractivity contribution in [2.75, 3.05) is 6.54 Å². The molecule has 3 fully saturated rings. The van der Waals surface area contributed by atoms with Gasteiger partial charge in [0, 0.05) is 13.0 Å². The number of para-hydroxylation sites is 2. The van der Waals surface area contributed by atoms with Gasteiger partial charge < -0.3 is 25.0 Å². The smallest absolute Gasteiger partial charge is 0.408 e. The summed E-state index contributed by atoms with van der Waals surface area (Å²) >= 11 is 0. The molecule has 2 aromatic rings. The fourth-order valence-electron chi connectivity index (χ4n) is 8.10. The number of amides is 4. The van der Waals surface area contributed by atoms with Crippen molar-refractivity contribution in [3.05, 3.63) is 24.3 Å². The second-order valence-corrected chi connectivity index (χ2v) is 19.9. The second-order valence-electron chi connectivity index (χ2n) is 17.9. The number of nitrogens with zero attached hydrogens (tertiary/aromatic N) is 3. The maximum Gasteiger partial charge on any atom is 0.408 e. The number of hydrogen-bond acceptors (Lipinski definition) is 9. The van der Waals surface area contributed by atoms with Crippen LogP contribution in [0, 0.1) is 11.3 Å². The van der Waals surface area contributed by atoms with Gasteiger partial charge >= 0.3 is 6.09 Å². The summed E-state index contributed by atoms with van der Waals surface area (Å²) in [5.74, 6) is -2.11. The quantitative estimate of drug-likeness (QED) is 0.390. The summed E-state index contributed by atoms with van der Waals surface area (Å²) in [5, 5.41) is 5.68. The molecule has 14 nitrogen and oxygen atoms in total. The van der Waals surface area contributed by atoms with Crippen LogP contribution >= 0.6 is 0 Å². The van der Waals surface area contributed by atoms with Crippen LogP contribution in [-0.2, 0) is 35.7 Å². The Labute approximate surface area is 318 Å². The Bertz CT molecular complexity index is 1880. The van der Waals surface area contributed by atoms with E-state index in [-0.39, 0.29) is 25.3 Å². The van der Waals surface area contributed by atoms with E-state index in [0.717, 1.165) is 43.1 Å². The third kappa shape index (κ3) is 8.20. The Hall–Kier alpha value is -3.88. The summed E-state index contributed by atoms with van der Waals surface area (Å²) in [4.78, 5) is 62.3. The predicted molar refractivity (Wildman–Crippen MR) is 203 cm³/mol. The predicted octanol–water partition coefficient (Wildman–Crippen LogP) is 4.94. The van der Waals surface area contributed by atoms with Crippen molar-refractivity contribution in [2.45, 2.75) is 160 Å². The van der Waals surface area contributed by atoms with E-state index < -0.39 is 73.3 Å². The molecule has 6 rings (SSSR count). The van der Waals surface area contributed by atoms with Gasteiger partial charge in [0.25, 0.3) is 11.9 Å². The number of nitrogens with one attached hydrogen (secondary N) is 3. The van der Waals surface area contributed by atoms with Crippen molar-refractivity contribution in [2.24, 2.45) is 11.3 Å². The second kappa shape index (κ2) is 14.6. The van der Waals surface area contributed by atoms with Gasteiger partial charge in [-0.1, -0.05) is 71.9 Å². The summed E-state index contributed by atoms with van der Waals surface area (Å²) in [6.45, 7) is 13.2. The average Bonchev–Trinajstić information content (AvgIpc) is 3.94. The third-order valence-electron chi connectivity index (χ3n) is 11.5. The Morgan fingerprint density at radius 1 is 1.04 bits per heavy atom. The SMILES string of the molecule is CC[C@@H]1C[C@@]12NC(=O)[C@@H]1C[C@H](CN1C(=O)[C@@H](NC(=O)OC(C)(C)C)C(C)(C)C)Oc1nc3ccccc3n1CCCCCCCC1(CC1)S(=O)(=O)NC2=O. The fourth-order valence-corrected chi connectivity index (χ4v) is 9.79. The van der Waals surface area contributed by atoms with Crippen LogP contribution in [0.3, 0.4) is 0 Å². The standard InChI is InChI=1S/C39H58N6O8S/c1-8-25-23-39(25)33(48)43-54(50,51)38(19-20-38)18-14-10-9-11-15-21-44-28-17-13-12-16-27(28)40-34(44)52-26-22-29(31(46)42-39)45(24-26)32(47)30(36(2,3)4)41-35(49)53-37(5,6)7/h12-13,16-17,25-26,29-30H,8-11,14-15,18-24H2,1-7H3,(H,41,49)(H,42,46)(H,43,48)/t25-,26-,29+,30-,39-/m1/s1. The minimum Gasteiger partial charge on any atom is -0.459 e. The van der Waals surface area contributed by atoms with Crippen LogP contribution in [0.5, 0.6) is 6.01 Å². The molecule has 54 heavy (non-hydrogen) atoms. The molecule has 5 atom stereocenters. The highest BCUT2D eigenvalue weighted by atomic mass is 32.2. The van der Waals surface area contributed by atoms with E-state index in [1.54, 1.807) is 20.8 Å². The van der Waals surface area contributed by atoms with Crippen molar-refractivity contribution in [3.8, 4) is 6.01 Å². The van der Waals surface area contributed by atoms with Gasteiger partial charge in [-0.05, 0) is 76.3 Å². The number of carbonyl (C=O) groups excluding carboxylic acids is 4. The zero-order valence-electron chi connectivity index (χ0n) is 32.8. The van der Waals surface area contributed by atoms with Crippen LogP contribution in [0.2, 0.25) is 0 Å². The maximum absolute atomic E-state index is 14.6. The minimum absolute atomic E-state index is 0.00993. The van der Waals surface area contributed by atoms with Crippen molar-refractivity contribution < 1.29 is 37.1 Å². The van der Waals surface area contributed by atoms with Crippen LogP contribution in [0.15, 0.2) is 24.3 Å². The lowest BCUT2D eigenvalue weighted by Crippen LogP contribution is -2.60. The van der Waals surface area contributed by atoms with Gasteiger partial charge in [-0.15, -0.1) is 0 Å². The number of hydrogen-bond donors (Lipinski definition) is 3. The molecule has 0 unspecified atom stereocenters. The van der Waals surface area contributed by atoms with E-state index >= 15 is 0 Å². The van der Waals surface area contributed by atoms with E-state index in [0.29, 0.717) is 38.2 Å². The highest BCUT2D eigenvalue weighted by Gasteiger charge is 2.64. The van der Waals surface area contributed by atoms with Gasteiger partial charge in [0.05, 0.1) is 22.3 Å². The molecule has 298 valence electrons. The van der Waals surface area contributed by atoms with Gasteiger partial charge in [-0.25, -0.2) is 13.2 Å². The first kappa shape index (κ1) is 39.8. The van der Waals surface area contributed by atoms with Gasteiger partial charge in [0.2, 0.25) is 21.8 Å². The van der Waals surface area contributed by atoms with Gasteiger partial charge in [0.1, 0.15) is 29.3 Å². The molecular weight excluding hydrogens is 713 g/mol. The van der Waals surface area contributed by atoms with Crippen LogP contribution in [0.4, 0.5) is 4.79 Å². The molecule has 4 aliphatic rings. The zero-order chi connectivity index (χ0) is 39.3. The van der Waals surface area contributed by atoms with Gasteiger partial charge in [0.15, 0.2) is 0 Å². The number of carbonyl (C=O) groups is 4. The minimum atomic E-state index is -4.00. The molecule has 2 aliphatic heterocycles. The first-order valence-electron chi connectivity index (χ1n) is 19.6. The number of likely N-dealkylation sites (tertiary alicyclic amines) is 1. The molecule has 0 radical (unpaired) electrons. The first-order chi connectivity index (χ1) is 25.3. The first-order valence-corrected chi connectivity index (χ1v) is 21.1. The molecule has 2 bridgehead atoms. The molecule has 2 spiro atoms. The lowest BCUT2D eigenvalue weighted by molar-refractivity contribution is -0.143. The van der Waals surface area contributed by atoms with Crippen LogP contribution in [0.1, 0.15) is 119 Å². The summed E-state index contributed by atoms with van der Waals surface area (Å²) in [5.41, 5.74) is -1.35. The fraction of sp³-hybridized carbons (Fsp3) is 0.718. The summed E-state index contributed by atoms with van der Waals surface area (Å²) in [7, 11) is -4.00. The Balaban J connectivity index is 1.35. The lowest BCUT2D eigenvalue weighted by atomic mass is 9.85. The Kier molecular flexibility index (Phi) is 10.8. The van der Waals surface area contributed by atoms with Crippen LogP contribution in [-0.4, -0.2) is 87.3 Å². The van der Waals surface area contributed by atoms with Gasteiger partial charge in [-0.2, -0.15) is 4.98 Å². The highest BCUT2D eigenvalue weighted by molar-refractivity contribution is 7.91. The molecule has 3 N–H and O–H groups in total. The molecule has 2 aliphatic carbocycles. The van der Waals surface area contributed by atoms with E-state index in [9.17, 15) is 27.6 Å². The number of imidazole rings is 1. The van der Waals surface area contributed by atoms with E-state index in [1.807, 2.05) is 56.5 Å². The molecule has 1 aromatic heterocycles. The number of aromatic nitrogens is 2. The summed E-state index contributed by atoms with van der Waals surface area (Å²) in [6, 6.07) is 6.00. The van der Waals surface area contributed by atoms with E-state index in [1.165, 1.54) is 4.90 Å². The number of fused-ring (bicyclic) bond motifs is 5. The van der Waals surface area contributed by atoms with Crippen molar-refractivity contribution in [3.63, 3.8) is 0 Å². The molecule has 1 saturated heterocycles. The van der Waals surface area contributed by atoms with Crippen molar-refractivity contribution in [1.82, 2.24) is 29.8 Å². The average molecular weight is 771 g/mol. The number of alkyl carbamates (subject to hydrolysis) is 1. The Morgan fingerprint density at radius 2 is 1.72 bits per heavy atom. The number of sulfonamides is 1. The summed E-state index contributed by atoms with van der Waals surface area (Å²) < 4.78 is 43.0. The summed E-state index contributed by atoms with van der Waals surface area (Å²) in [6.07, 6.45) is 5.27. The number of rotatable bonds is 3. The molecule has 4 amide bonds. The number of ether oxygens (including phenoxy) is 2. The maximum atomic E-state index is 14.6. The van der Waals surface area contributed by atoms with E-state index in [4.69, 9.17) is 14.5 Å².